The van der Waals surface area contributed by atoms with E-state index in [9.17, 15) is 4.79 Å². The number of ether oxygens (including phenoxy) is 1. The van der Waals surface area contributed by atoms with Gasteiger partial charge in [-0.05, 0) is 38.1 Å². The number of aromatic nitrogens is 5. The highest BCUT2D eigenvalue weighted by Crippen LogP contribution is 2.20. The fourth-order valence-corrected chi connectivity index (χ4v) is 2.48. The van der Waals surface area contributed by atoms with Crippen LogP contribution < -0.4 is 10.2 Å². The Morgan fingerprint density at radius 3 is 2.65 bits per heavy atom. The summed E-state index contributed by atoms with van der Waals surface area (Å²) < 4.78 is 8.54. The van der Waals surface area contributed by atoms with Crippen molar-refractivity contribution in [2.75, 3.05) is 7.11 Å². The van der Waals surface area contributed by atoms with Crippen molar-refractivity contribution in [3.05, 3.63) is 71.4 Å². The van der Waals surface area contributed by atoms with Crippen molar-refractivity contribution in [3.8, 4) is 22.8 Å². The van der Waals surface area contributed by atoms with Gasteiger partial charge in [-0.15, -0.1) is 0 Å². The van der Waals surface area contributed by atoms with Crippen molar-refractivity contribution in [2.24, 2.45) is 0 Å². The molecule has 0 aliphatic heterocycles. The molecule has 0 bridgehead atoms. The maximum absolute atomic E-state index is 12.8. The summed E-state index contributed by atoms with van der Waals surface area (Å²) in [5.41, 5.74) is 2.19. The highest BCUT2D eigenvalue weighted by Gasteiger charge is 2.17. The molecule has 3 rings (SSSR count). The maximum Gasteiger partial charge on any atom is 0.251 e. The van der Waals surface area contributed by atoms with Crippen molar-refractivity contribution < 1.29 is 4.74 Å². The molecule has 3 aromatic heterocycles. The van der Waals surface area contributed by atoms with Crippen LogP contribution in [0.3, 0.4) is 0 Å². The summed E-state index contributed by atoms with van der Waals surface area (Å²) in [5.74, 6) is 0.203. The molecule has 0 aromatic carbocycles. The molecule has 7 nitrogen and oxygen atoms in total. The molecule has 3 aromatic rings. The van der Waals surface area contributed by atoms with Gasteiger partial charge in [0.05, 0.1) is 30.9 Å². The summed E-state index contributed by atoms with van der Waals surface area (Å²) in [5, 5.41) is 8.83. The van der Waals surface area contributed by atoms with Gasteiger partial charge in [-0.1, -0.05) is 12.2 Å². The summed E-state index contributed by atoms with van der Waals surface area (Å²) in [6.07, 6.45) is 12.3. The fourth-order valence-electron chi connectivity index (χ4n) is 2.48. The Labute approximate surface area is 150 Å². The first-order chi connectivity index (χ1) is 12.7. The molecule has 0 unspecified atom stereocenters. The summed E-state index contributed by atoms with van der Waals surface area (Å²) in [4.78, 5) is 16.8. The third-order valence-electron chi connectivity index (χ3n) is 3.78. The zero-order valence-electron chi connectivity index (χ0n) is 14.8. The third kappa shape index (κ3) is 3.32. The second-order valence-electron chi connectivity index (χ2n) is 5.49. The van der Waals surface area contributed by atoms with Crippen LogP contribution >= 0.6 is 0 Å². The molecule has 0 radical (unpaired) electrons. The minimum absolute atomic E-state index is 0.203. The van der Waals surface area contributed by atoms with Crippen molar-refractivity contribution in [3.63, 3.8) is 0 Å². The van der Waals surface area contributed by atoms with Crippen molar-refractivity contribution >= 4 is 5.70 Å². The lowest BCUT2D eigenvalue weighted by molar-refractivity contribution is 0.405. The van der Waals surface area contributed by atoms with E-state index in [1.54, 1.807) is 52.4 Å². The largest absolute Gasteiger partial charge is 0.491 e. The second-order valence-corrected chi connectivity index (χ2v) is 5.49. The monoisotopic (exact) mass is 349 g/mol. The molecule has 3 heterocycles. The Morgan fingerprint density at radius 2 is 1.96 bits per heavy atom. The topological polar surface area (TPSA) is 74.8 Å². The molecule has 0 aliphatic carbocycles. The van der Waals surface area contributed by atoms with Gasteiger partial charge in [-0.3, -0.25) is 9.78 Å². The molecule has 0 aliphatic rings. The van der Waals surface area contributed by atoms with Gasteiger partial charge >= 0.3 is 0 Å². The van der Waals surface area contributed by atoms with Crippen molar-refractivity contribution in [2.45, 2.75) is 13.8 Å². The summed E-state index contributed by atoms with van der Waals surface area (Å²) >= 11 is 0. The van der Waals surface area contributed by atoms with Crippen LogP contribution in [0.2, 0.25) is 0 Å². The zero-order valence-corrected chi connectivity index (χ0v) is 14.8. The van der Waals surface area contributed by atoms with Crippen LogP contribution in [-0.2, 0) is 0 Å². The Balaban J connectivity index is 2.21. The van der Waals surface area contributed by atoms with E-state index in [0.717, 1.165) is 11.4 Å². The highest BCUT2D eigenvalue weighted by molar-refractivity contribution is 5.62. The molecule has 0 spiro atoms. The van der Waals surface area contributed by atoms with Gasteiger partial charge in [-0.25, -0.2) is 9.36 Å². The molecule has 0 N–H and O–H groups in total. The highest BCUT2D eigenvalue weighted by atomic mass is 16.5. The fraction of sp³-hybridized carbons (Fsp3) is 0.158. The van der Waals surface area contributed by atoms with Gasteiger partial charge in [0.25, 0.3) is 5.43 Å². The predicted octanol–water partition coefficient (Wildman–Crippen LogP) is 2.94. The normalized spacial score (nSPS) is 11.9. The first-order valence-corrected chi connectivity index (χ1v) is 8.08. The molecule has 0 amide bonds. The third-order valence-corrected chi connectivity index (χ3v) is 3.78. The SMILES string of the molecule is C/C=C\C=C(/C)n1nccc1-c1nn(-c2ccncc2)cc(OC)c1=O. The van der Waals surface area contributed by atoms with Crippen molar-refractivity contribution in [1.82, 2.24) is 24.5 Å². The van der Waals surface area contributed by atoms with E-state index in [4.69, 9.17) is 4.74 Å². The summed E-state index contributed by atoms with van der Waals surface area (Å²) in [6.45, 7) is 3.85. The number of nitrogens with zero attached hydrogens (tertiary/aromatic N) is 5. The van der Waals surface area contributed by atoms with Crippen LogP contribution in [0.15, 0.2) is 66.0 Å². The van der Waals surface area contributed by atoms with Crippen LogP contribution in [0.5, 0.6) is 5.75 Å². The average Bonchev–Trinajstić information content (AvgIpc) is 3.16. The second kappa shape index (κ2) is 7.60. The van der Waals surface area contributed by atoms with E-state index in [-0.39, 0.29) is 16.9 Å². The molecule has 7 heteroatoms. The summed E-state index contributed by atoms with van der Waals surface area (Å²) in [7, 11) is 1.46. The number of hydrogen-bond donors (Lipinski definition) is 0. The molecular weight excluding hydrogens is 330 g/mol. The average molecular weight is 349 g/mol. The van der Waals surface area contributed by atoms with Gasteiger partial charge in [-0.2, -0.15) is 10.2 Å². The van der Waals surface area contributed by atoms with E-state index >= 15 is 0 Å². The molecule has 0 fully saturated rings. The smallest absolute Gasteiger partial charge is 0.251 e. The Hall–Kier alpha value is -3.48. The predicted molar refractivity (Wildman–Crippen MR) is 100 cm³/mol. The van der Waals surface area contributed by atoms with Gasteiger partial charge in [0.1, 0.15) is 0 Å². The maximum atomic E-state index is 12.8. The van der Waals surface area contributed by atoms with Gasteiger partial charge in [0.2, 0.25) is 0 Å². The molecule has 0 saturated heterocycles. The first-order valence-electron chi connectivity index (χ1n) is 8.08. The lowest BCUT2D eigenvalue weighted by atomic mass is 10.2. The Bertz CT molecular complexity index is 1020. The number of allylic oxidation sites excluding steroid dienone is 4. The van der Waals surface area contributed by atoms with Gasteiger partial charge < -0.3 is 4.74 Å². The molecular formula is C19H19N5O2. The van der Waals surface area contributed by atoms with Crippen molar-refractivity contribution in [1.29, 1.82) is 0 Å². The van der Waals surface area contributed by atoms with E-state index in [1.807, 2.05) is 32.1 Å². The van der Waals surface area contributed by atoms with Crippen LogP contribution in [0.25, 0.3) is 22.8 Å². The molecule has 132 valence electrons. The quantitative estimate of drug-likeness (QED) is 0.662. The van der Waals surface area contributed by atoms with E-state index < -0.39 is 0 Å². The van der Waals surface area contributed by atoms with E-state index in [2.05, 4.69) is 15.2 Å². The number of rotatable bonds is 5. The van der Waals surface area contributed by atoms with E-state index in [0.29, 0.717) is 5.69 Å². The lowest BCUT2D eigenvalue weighted by Crippen LogP contribution is -2.17. The van der Waals surface area contributed by atoms with Gasteiger partial charge in [0.15, 0.2) is 11.4 Å². The van der Waals surface area contributed by atoms with Crippen LogP contribution in [0, 0.1) is 0 Å². The molecule has 0 saturated carbocycles. The number of hydrogen-bond acceptors (Lipinski definition) is 5. The number of methoxy groups -OCH3 is 1. The minimum Gasteiger partial charge on any atom is -0.491 e. The number of pyridine rings is 1. The van der Waals surface area contributed by atoms with Crippen LogP contribution in [-0.4, -0.2) is 31.7 Å². The minimum atomic E-state index is -0.293. The van der Waals surface area contributed by atoms with Crippen LogP contribution in [0.1, 0.15) is 13.8 Å². The molecule has 0 atom stereocenters. The van der Waals surface area contributed by atoms with E-state index in [1.165, 1.54) is 7.11 Å². The summed E-state index contributed by atoms with van der Waals surface area (Å²) in [6, 6.07) is 5.36. The first kappa shape index (κ1) is 17.3. The standard InChI is InChI=1S/C19H19N5O2/c1-4-5-6-14(2)24-16(9-12-21-24)18-19(25)17(26-3)13-23(22-18)15-7-10-20-11-8-15/h4-13H,1-3H3/b5-4-,14-6+. The van der Waals surface area contributed by atoms with Crippen LogP contribution in [0.4, 0.5) is 0 Å². The van der Waals surface area contributed by atoms with Gasteiger partial charge in [0, 0.05) is 18.1 Å². The molecule has 26 heavy (non-hydrogen) atoms. The Morgan fingerprint density at radius 1 is 1.19 bits per heavy atom. The lowest BCUT2D eigenvalue weighted by Gasteiger charge is -2.11. The Kier molecular flexibility index (Phi) is 5.07. The zero-order chi connectivity index (χ0) is 18.5.